The fraction of sp³-hybridized carbons (Fsp3) is 0.111. The minimum absolute atomic E-state index is 0.102. The van der Waals surface area contributed by atoms with Gasteiger partial charge in [-0.1, -0.05) is 47.6 Å². The first-order valence-electron chi connectivity index (χ1n) is 7.56. The first kappa shape index (κ1) is 15.4. The highest BCUT2D eigenvalue weighted by Crippen LogP contribution is 2.32. The van der Waals surface area contributed by atoms with Gasteiger partial charge in [0.15, 0.2) is 5.76 Å². The Balaban J connectivity index is 1.75. The number of hydrogen-bond acceptors (Lipinski definition) is 3. The maximum absolute atomic E-state index is 13.3. The SMILES string of the molecule is FC(F)(F)c1nc2ccccc2n1Cc1cc(-c2ccccc2)no1. The number of halogens is 3. The molecule has 0 radical (unpaired) electrons. The molecule has 7 heteroatoms. The molecule has 0 amide bonds. The van der Waals surface area contributed by atoms with Crippen molar-refractivity contribution in [1.29, 1.82) is 0 Å². The van der Waals surface area contributed by atoms with E-state index in [9.17, 15) is 13.2 Å². The zero-order chi connectivity index (χ0) is 17.4. The monoisotopic (exact) mass is 343 g/mol. The number of hydrogen-bond donors (Lipinski definition) is 0. The smallest absolute Gasteiger partial charge is 0.359 e. The zero-order valence-corrected chi connectivity index (χ0v) is 12.9. The van der Waals surface area contributed by atoms with Gasteiger partial charge in [0.25, 0.3) is 0 Å². The van der Waals surface area contributed by atoms with Gasteiger partial charge in [-0.3, -0.25) is 0 Å². The second-order valence-corrected chi connectivity index (χ2v) is 5.55. The third-order valence-corrected chi connectivity index (χ3v) is 3.85. The Morgan fingerprint density at radius 3 is 2.44 bits per heavy atom. The molecule has 126 valence electrons. The van der Waals surface area contributed by atoms with Crippen LogP contribution in [0.3, 0.4) is 0 Å². The molecule has 0 spiro atoms. The Morgan fingerprint density at radius 1 is 0.960 bits per heavy atom. The van der Waals surface area contributed by atoms with E-state index in [4.69, 9.17) is 4.52 Å². The summed E-state index contributed by atoms with van der Waals surface area (Å²) in [6, 6.07) is 17.4. The van der Waals surface area contributed by atoms with Crippen molar-refractivity contribution >= 4 is 11.0 Å². The van der Waals surface area contributed by atoms with Crippen LogP contribution >= 0.6 is 0 Å². The molecule has 4 aromatic rings. The van der Waals surface area contributed by atoms with Crippen molar-refractivity contribution in [2.45, 2.75) is 12.7 Å². The lowest BCUT2D eigenvalue weighted by molar-refractivity contribution is -0.146. The van der Waals surface area contributed by atoms with E-state index >= 15 is 0 Å². The molecule has 0 fully saturated rings. The predicted molar refractivity (Wildman–Crippen MR) is 85.8 cm³/mol. The van der Waals surface area contributed by atoms with Gasteiger partial charge in [-0.2, -0.15) is 13.2 Å². The van der Waals surface area contributed by atoms with Crippen molar-refractivity contribution in [3.8, 4) is 11.3 Å². The van der Waals surface area contributed by atoms with E-state index in [-0.39, 0.29) is 12.1 Å². The largest absolute Gasteiger partial charge is 0.449 e. The summed E-state index contributed by atoms with van der Waals surface area (Å²) in [5, 5.41) is 3.95. The number of rotatable bonds is 3. The molecule has 0 saturated heterocycles. The Morgan fingerprint density at radius 2 is 1.68 bits per heavy atom. The molecule has 0 saturated carbocycles. The molecule has 0 atom stereocenters. The number of imidazole rings is 1. The van der Waals surface area contributed by atoms with E-state index < -0.39 is 12.0 Å². The molecule has 4 nitrogen and oxygen atoms in total. The molecule has 0 N–H and O–H groups in total. The number of fused-ring (bicyclic) bond motifs is 1. The Bertz CT molecular complexity index is 1020. The van der Waals surface area contributed by atoms with Crippen LogP contribution in [0.4, 0.5) is 13.2 Å². The summed E-state index contributed by atoms with van der Waals surface area (Å²) in [6.45, 7) is -0.102. The molecular formula is C18H12F3N3O. The van der Waals surface area contributed by atoms with Gasteiger partial charge in [-0.05, 0) is 12.1 Å². The van der Waals surface area contributed by atoms with Crippen LogP contribution in [0.25, 0.3) is 22.3 Å². The van der Waals surface area contributed by atoms with Crippen molar-refractivity contribution in [2.75, 3.05) is 0 Å². The molecule has 25 heavy (non-hydrogen) atoms. The fourth-order valence-electron chi connectivity index (χ4n) is 2.74. The van der Waals surface area contributed by atoms with E-state index in [0.29, 0.717) is 17.0 Å². The van der Waals surface area contributed by atoms with Crippen LogP contribution < -0.4 is 0 Å². The van der Waals surface area contributed by atoms with Gasteiger partial charge in [-0.15, -0.1) is 0 Å². The molecular weight excluding hydrogens is 331 g/mol. The summed E-state index contributed by atoms with van der Waals surface area (Å²) in [5.41, 5.74) is 2.10. The summed E-state index contributed by atoms with van der Waals surface area (Å²) in [6.07, 6.45) is -4.55. The topological polar surface area (TPSA) is 43.9 Å². The molecule has 0 aliphatic rings. The Kier molecular flexibility index (Phi) is 3.56. The van der Waals surface area contributed by atoms with Crippen LogP contribution in [-0.4, -0.2) is 14.7 Å². The van der Waals surface area contributed by atoms with Crippen LogP contribution in [0.15, 0.2) is 65.2 Å². The van der Waals surface area contributed by atoms with E-state index in [1.54, 1.807) is 30.3 Å². The molecule has 0 aliphatic heterocycles. The van der Waals surface area contributed by atoms with Crippen molar-refractivity contribution < 1.29 is 17.7 Å². The molecule has 4 rings (SSSR count). The second-order valence-electron chi connectivity index (χ2n) is 5.55. The highest BCUT2D eigenvalue weighted by atomic mass is 19.4. The first-order chi connectivity index (χ1) is 12.0. The van der Waals surface area contributed by atoms with Crippen LogP contribution in [0.2, 0.25) is 0 Å². The minimum Gasteiger partial charge on any atom is -0.359 e. The maximum atomic E-state index is 13.3. The average Bonchev–Trinajstić information content (AvgIpc) is 3.21. The highest BCUT2D eigenvalue weighted by molar-refractivity contribution is 5.76. The van der Waals surface area contributed by atoms with Crippen LogP contribution in [0, 0.1) is 0 Å². The second kappa shape index (κ2) is 5.77. The van der Waals surface area contributed by atoms with Gasteiger partial charge in [0.2, 0.25) is 5.82 Å². The summed E-state index contributed by atoms with van der Waals surface area (Å²) >= 11 is 0. The lowest BCUT2D eigenvalue weighted by atomic mass is 10.1. The molecule has 2 aromatic heterocycles. The minimum atomic E-state index is -4.55. The maximum Gasteiger partial charge on any atom is 0.449 e. The van der Waals surface area contributed by atoms with Gasteiger partial charge in [0, 0.05) is 11.6 Å². The van der Waals surface area contributed by atoms with E-state index in [2.05, 4.69) is 10.1 Å². The van der Waals surface area contributed by atoms with Gasteiger partial charge in [0.05, 0.1) is 17.6 Å². The fourth-order valence-corrected chi connectivity index (χ4v) is 2.74. The first-order valence-corrected chi connectivity index (χ1v) is 7.56. The standard InChI is InChI=1S/C18H12F3N3O/c19-18(20,21)17-22-14-8-4-5-9-16(14)24(17)11-13-10-15(23-25-13)12-6-2-1-3-7-12/h1-10H,11H2. The Labute approximate surface area is 140 Å². The lowest BCUT2D eigenvalue weighted by Gasteiger charge is -2.09. The Hall–Kier alpha value is -3.09. The van der Waals surface area contributed by atoms with Gasteiger partial charge in [0.1, 0.15) is 5.69 Å². The predicted octanol–water partition coefficient (Wildman–Crippen LogP) is 4.76. The number of para-hydroxylation sites is 2. The number of aromatic nitrogens is 3. The third-order valence-electron chi connectivity index (χ3n) is 3.85. The van der Waals surface area contributed by atoms with Gasteiger partial charge in [-0.25, -0.2) is 4.98 Å². The number of benzene rings is 2. The molecule has 0 bridgehead atoms. The summed E-state index contributed by atoms with van der Waals surface area (Å²) < 4.78 is 46.3. The quantitative estimate of drug-likeness (QED) is 0.539. The van der Waals surface area contributed by atoms with Crippen molar-refractivity contribution in [1.82, 2.24) is 14.7 Å². The normalized spacial score (nSPS) is 12.0. The summed E-state index contributed by atoms with van der Waals surface area (Å²) in [7, 11) is 0. The highest BCUT2D eigenvalue weighted by Gasteiger charge is 2.37. The lowest BCUT2D eigenvalue weighted by Crippen LogP contribution is -2.15. The van der Waals surface area contributed by atoms with Gasteiger partial charge >= 0.3 is 6.18 Å². The molecule has 2 heterocycles. The van der Waals surface area contributed by atoms with E-state index in [1.165, 1.54) is 0 Å². The van der Waals surface area contributed by atoms with Crippen molar-refractivity contribution in [3.05, 3.63) is 72.2 Å². The van der Waals surface area contributed by atoms with Crippen molar-refractivity contribution in [3.63, 3.8) is 0 Å². The van der Waals surface area contributed by atoms with Crippen LogP contribution in [0.5, 0.6) is 0 Å². The molecule has 0 aliphatic carbocycles. The van der Waals surface area contributed by atoms with E-state index in [0.717, 1.165) is 10.1 Å². The average molecular weight is 343 g/mol. The third kappa shape index (κ3) is 2.88. The zero-order valence-electron chi connectivity index (χ0n) is 12.9. The van der Waals surface area contributed by atoms with E-state index in [1.807, 2.05) is 30.3 Å². The van der Waals surface area contributed by atoms with Crippen LogP contribution in [0.1, 0.15) is 11.6 Å². The summed E-state index contributed by atoms with van der Waals surface area (Å²) in [5.74, 6) is -0.626. The van der Waals surface area contributed by atoms with Gasteiger partial charge < -0.3 is 9.09 Å². The molecule has 2 aromatic carbocycles. The van der Waals surface area contributed by atoms with Crippen molar-refractivity contribution in [2.24, 2.45) is 0 Å². The van der Waals surface area contributed by atoms with Crippen LogP contribution in [-0.2, 0) is 12.7 Å². The number of nitrogens with zero attached hydrogens (tertiary/aromatic N) is 3. The summed E-state index contributed by atoms with van der Waals surface area (Å²) in [4.78, 5) is 3.72. The molecule has 0 unspecified atom stereocenters. The number of alkyl halides is 3.